The Morgan fingerprint density at radius 3 is 2.68 bits per heavy atom. The Bertz CT molecular complexity index is 520. The van der Waals surface area contributed by atoms with Gasteiger partial charge in [0.1, 0.15) is 5.76 Å². The summed E-state index contributed by atoms with van der Waals surface area (Å²) in [7, 11) is 0. The second-order valence-electron chi connectivity index (χ2n) is 5.12. The smallest absolute Gasteiger partial charge is 0.224 e. The lowest BCUT2D eigenvalue weighted by molar-refractivity contribution is -0.313. The van der Waals surface area contributed by atoms with Crippen LogP contribution in [0.25, 0.3) is 0 Å². The first-order chi connectivity index (χ1) is 9.16. The molecule has 0 saturated heterocycles. The van der Waals surface area contributed by atoms with Crippen molar-refractivity contribution in [2.75, 3.05) is 0 Å². The van der Waals surface area contributed by atoms with Crippen LogP contribution in [0.15, 0.2) is 35.0 Å². The van der Waals surface area contributed by atoms with Gasteiger partial charge in [0.2, 0.25) is 5.91 Å². The quantitative estimate of drug-likeness (QED) is 0.777. The number of hydrogen-bond donors (Lipinski definition) is 1. The van der Waals surface area contributed by atoms with Gasteiger partial charge in [-0.1, -0.05) is 12.2 Å². The summed E-state index contributed by atoms with van der Waals surface area (Å²) in [6, 6.07) is 3.50. The third-order valence-electron chi connectivity index (χ3n) is 4.05. The maximum Gasteiger partial charge on any atom is 0.224 e. The molecule has 2 aliphatic carbocycles. The Balaban J connectivity index is 1.68. The molecule has 4 atom stereocenters. The van der Waals surface area contributed by atoms with E-state index in [1.165, 1.54) is 6.26 Å². The number of fused-ring (bicyclic) bond motifs is 2. The summed E-state index contributed by atoms with van der Waals surface area (Å²) >= 11 is 0. The number of carbonyl (C=O) groups excluding carboxylic acids is 2. The second kappa shape index (κ2) is 4.57. The van der Waals surface area contributed by atoms with Gasteiger partial charge in [0, 0.05) is 11.9 Å². The Hall–Kier alpha value is -2.04. The Labute approximate surface area is 110 Å². The molecule has 0 unspecified atom stereocenters. The molecule has 5 heteroatoms. The number of carbonyl (C=O) groups is 2. The first-order valence-corrected chi connectivity index (χ1v) is 6.36. The summed E-state index contributed by atoms with van der Waals surface area (Å²) < 4.78 is 5.13. The minimum absolute atomic E-state index is 0.0181. The van der Waals surface area contributed by atoms with E-state index in [1.807, 2.05) is 12.2 Å². The summed E-state index contributed by atoms with van der Waals surface area (Å²) in [5, 5.41) is 13.9. The van der Waals surface area contributed by atoms with Gasteiger partial charge in [0.05, 0.1) is 18.7 Å². The Morgan fingerprint density at radius 1 is 1.32 bits per heavy atom. The molecule has 19 heavy (non-hydrogen) atoms. The molecule has 2 aliphatic rings. The van der Waals surface area contributed by atoms with E-state index < -0.39 is 17.8 Å². The van der Waals surface area contributed by atoms with E-state index in [0.29, 0.717) is 5.76 Å². The van der Waals surface area contributed by atoms with Crippen molar-refractivity contribution in [2.45, 2.75) is 13.0 Å². The van der Waals surface area contributed by atoms with Gasteiger partial charge in [0.25, 0.3) is 0 Å². The van der Waals surface area contributed by atoms with Gasteiger partial charge in [0.15, 0.2) is 0 Å². The number of carboxylic acids is 1. The third kappa shape index (κ3) is 2.05. The molecule has 2 bridgehead atoms. The topological polar surface area (TPSA) is 82.4 Å². The van der Waals surface area contributed by atoms with Crippen LogP contribution < -0.4 is 10.4 Å². The molecule has 0 aliphatic heterocycles. The molecule has 5 nitrogen and oxygen atoms in total. The van der Waals surface area contributed by atoms with Crippen molar-refractivity contribution in [3.8, 4) is 0 Å². The maximum absolute atomic E-state index is 12.2. The van der Waals surface area contributed by atoms with Crippen molar-refractivity contribution in [1.82, 2.24) is 5.32 Å². The zero-order chi connectivity index (χ0) is 13.4. The molecule has 0 radical (unpaired) electrons. The minimum Gasteiger partial charge on any atom is -0.550 e. The number of nitrogens with one attached hydrogen (secondary N) is 1. The highest BCUT2D eigenvalue weighted by atomic mass is 16.4. The van der Waals surface area contributed by atoms with Crippen LogP contribution in [-0.4, -0.2) is 11.9 Å². The zero-order valence-electron chi connectivity index (χ0n) is 10.2. The van der Waals surface area contributed by atoms with E-state index >= 15 is 0 Å². The molecule has 1 aromatic heterocycles. The monoisotopic (exact) mass is 260 g/mol. The second-order valence-corrected chi connectivity index (χ2v) is 5.12. The first-order valence-electron chi connectivity index (χ1n) is 6.36. The fourth-order valence-electron chi connectivity index (χ4n) is 3.21. The van der Waals surface area contributed by atoms with Crippen LogP contribution in [0.5, 0.6) is 0 Å². The highest BCUT2D eigenvalue weighted by Crippen LogP contribution is 2.47. The van der Waals surface area contributed by atoms with E-state index in [1.54, 1.807) is 12.1 Å². The average molecular weight is 260 g/mol. The molecule has 3 rings (SSSR count). The minimum atomic E-state index is -1.13. The Morgan fingerprint density at radius 2 is 2.05 bits per heavy atom. The van der Waals surface area contributed by atoms with Crippen LogP contribution in [0.2, 0.25) is 0 Å². The predicted octanol–water partition coefficient (Wildman–Crippen LogP) is 0.0840. The number of hydrogen-bond acceptors (Lipinski definition) is 4. The van der Waals surface area contributed by atoms with Crippen LogP contribution in [-0.2, 0) is 16.1 Å². The molecule has 1 N–H and O–H groups in total. The highest BCUT2D eigenvalue weighted by molar-refractivity contribution is 5.86. The van der Waals surface area contributed by atoms with E-state index in [9.17, 15) is 14.7 Å². The van der Waals surface area contributed by atoms with Crippen molar-refractivity contribution < 1.29 is 19.1 Å². The lowest BCUT2D eigenvalue weighted by Crippen LogP contribution is -2.44. The Kier molecular flexibility index (Phi) is 2.89. The van der Waals surface area contributed by atoms with Gasteiger partial charge < -0.3 is 19.6 Å². The van der Waals surface area contributed by atoms with Crippen molar-refractivity contribution >= 4 is 11.9 Å². The van der Waals surface area contributed by atoms with Gasteiger partial charge in [-0.2, -0.15) is 0 Å². The van der Waals surface area contributed by atoms with E-state index in [0.717, 1.165) is 6.42 Å². The summed E-state index contributed by atoms with van der Waals surface area (Å²) in [4.78, 5) is 23.4. The summed E-state index contributed by atoms with van der Waals surface area (Å²) in [5.41, 5.74) is 0. The summed E-state index contributed by atoms with van der Waals surface area (Å²) in [5.74, 6) is -1.98. The zero-order valence-corrected chi connectivity index (χ0v) is 10.2. The van der Waals surface area contributed by atoms with Crippen molar-refractivity contribution in [2.24, 2.45) is 23.7 Å². The van der Waals surface area contributed by atoms with Gasteiger partial charge in [-0.3, -0.25) is 4.79 Å². The molecule has 0 aromatic carbocycles. The number of amides is 1. The van der Waals surface area contributed by atoms with Crippen LogP contribution in [0.1, 0.15) is 12.2 Å². The lowest BCUT2D eigenvalue weighted by atomic mass is 9.82. The van der Waals surface area contributed by atoms with E-state index in [-0.39, 0.29) is 24.3 Å². The van der Waals surface area contributed by atoms with Crippen LogP contribution in [0, 0.1) is 23.7 Å². The lowest BCUT2D eigenvalue weighted by Gasteiger charge is -2.27. The van der Waals surface area contributed by atoms with Gasteiger partial charge in [-0.15, -0.1) is 0 Å². The molecule has 1 heterocycles. The van der Waals surface area contributed by atoms with Crippen molar-refractivity contribution in [3.05, 3.63) is 36.3 Å². The summed E-state index contributed by atoms with van der Waals surface area (Å²) in [6.45, 7) is 0.281. The SMILES string of the molecule is O=C([O-])[C@@H]1[C@H](C(=O)NCc2ccco2)[C@@H]2C=C[C@H]1C2. The molecule has 1 aromatic rings. The fraction of sp³-hybridized carbons (Fsp3) is 0.429. The number of carboxylic acid groups (broad SMARTS) is 1. The fourth-order valence-corrected chi connectivity index (χ4v) is 3.21. The van der Waals surface area contributed by atoms with Crippen LogP contribution >= 0.6 is 0 Å². The van der Waals surface area contributed by atoms with Crippen LogP contribution in [0.4, 0.5) is 0 Å². The molecule has 0 spiro atoms. The van der Waals surface area contributed by atoms with Crippen LogP contribution in [0.3, 0.4) is 0 Å². The highest BCUT2D eigenvalue weighted by Gasteiger charge is 2.48. The van der Waals surface area contributed by atoms with Gasteiger partial charge in [-0.25, -0.2) is 0 Å². The normalized spacial score (nSPS) is 31.6. The largest absolute Gasteiger partial charge is 0.550 e. The van der Waals surface area contributed by atoms with Crippen molar-refractivity contribution in [1.29, 1.82) is 0 Å². The third-order valence-corrected chi connectivity index (χ3v) is 4.05. The number of allylic oxidation sites excluding steroid dienone is 2. The summed E-state index contributed by atoms with van der Waals surface area (Å²) in [6.07, 6.45) is 6.10. The first kappa shape index (κ1) is 12.0. The molecular weight excluding hydrogens is 246 g/mol. The maximum atomic E-state index is 12.2. The van der Waals surface area contributed by atoms with Gasteiger partial charge >= 0.3 is 0 Å². The molecule has 1 amide bonds. The van der Waals surface area contributed by atoms with E-state index in [2.05, 4.69) is 5.32 Å². The molecular formula is C14H14NO4-. The number of rotatable bonds is 4. The number of furan rings is 1. The standard InChI is InChI=1S/C14H15NO4/c16-13(15-7-10-2-1-5-19-10)11-8-3-4-9(6-8)12(11)14(17)18/h1-5,8-9,11-12H,6-7H2,(H,15,16)(H,17,18)/p-1/t8-,9+,11-,12+/m1/s1. The van der Waals surface area contributed by atoms with Crippen molar-refractivity contribution in [3.63, 3.8) is 0 Å². The number of aliphatic carboxylic acids is 1. The van der Waals surface area contributed by atoms with E-state index in [4.69, 9.17) is 4.42 Å². The molecule has 1 saturated carbocycles. The van der Waals surface area contributed by atoms with Gasteiger partial charge in [-0.05, 0) is 30.4 Å². The predicted molar refractivity (Wildman–Crippen MR) is 63.3 cm³/mol. The molecule has 100 valence electrons. The molecule has 1 fully saturated rings. The average Bonchev–Trinajstić information content (AvgIpc) is 3.10.